The minimum atomic E-state index is -3.44. The van der Waals surface area contributed by atoms with E-state index in [0.717, 1.165) is 12.8 Å². The lowest BCUT2D eigenvalue weighted by molar-refractivity contribution is 0.288. The van der Waals surface area contributed by atoms with Crippen LogP contribution in [0.2, 0.25) is 0 Å². The van der Waals surface area contributed by atoms with Gasteiger partial charge in [0.15, 0.2) is 0 Å². The monoisotopic (exact) mass is 269 g/mol. The average Bonchev–Trinajstić information content (AvgIpc) is 2.39. The Labute approximate surface area is 108 Å². The molecule has 0 atom stereocenters. The van der Waals surface area contributed by atoms with Crippen molar-refractivity contribution in [2.24, 2.45) is 11.7 Å². The largest absolute Gasteiger partial charge is 0.325 e. The first kappa shape index (κ1) is 13.5. The molecule has 6 heteroatoms. The highest BCUT2D eigenvalue weighted by Crippen LogP contribution is 2.24. The fraction of sp³-hybridized carbons (Fsp3) is 0.583. The molecule has 1 saturated heterocycles. The van der Waals surface area contributed by atoms with Crippen LogP contribution in [-0.4, -0.2) is 30.8 Å². The molecule has 1 aromatic heterocycles. The maximum atomic E-state index is 12.5. The molecule has 1 aliphatic heterocycles. The molecule has 1 aromatic rings. The third kappa shape index (κ3) is 2.55. The molecule has 1 aliphatic rings. The summed E-state index contributed by atoms with van der Waals surface area (Å²) in [5.74, 6) is 0.597. The standard InChI is InChI=1S/C12H19N3O2S/c1-10-4-7-15(8-5-10)18(16,17)12-3-2-6-14-11(12)9-13/h2-3,6,10H,4-5,7-9,13H2,1H3. The van der Waals surface area contributed by atoms with Gasteiger partial charge in [-0.1, -0.05) is 6.92 Å². The minimum absolute atomic E-state index is 0.139. The van der Waals surface area contributed by atoms with E-state index in [1.807, 2.05) is 0 Å². The molecule has 100 valence electrons. The second-order valence-corrected chi connectivity index (χ2v) is 6.65. The average molecular weight is 269 g/mol. The zero-order valence-corrected chi connectivity index (χ0v) is 11.4. The lowest BCUT2D eigenvalue weighted by atomic mass is 10.0. The fourth-order valence-corrected chi connectivity index (χ4v) is 3.83. The number of sulfonamides is 1. The summed E-state index contributed by atoms with van der Waals surface area (Å²) in [6.07, 6.45) is 3.40. The maximum Gasteiger partial charge on any atom is 0.244 e. The fourth-order valence-electron chi connectivity index (χ4n) is 2.18. The van der Waals surface area contributed by atoms with E-state index in [2.05, 4.69) is 11.9 Å². The van der Waals surface area contributed by atoms with Crippen molar-refractivity contribution in [3.63, 3.8) is 0 Å². The summed E-state index contributed by atoms with van der Waals surface area (Å²) in [4.78, 5) is 4.29. The first-order valence-electron chi connectivity index (χ1n) is 6.20. The summed E-state index contributed by atoms with van der Waals surface area (Å²) in [5, 5.41) is 0. The molecule has 2 rings (SSSR count). The second kappa shape index (κ2) is 5.34. The van der Waals surface area contributed by atoms with Crippen LogP contribution in [0.15, 0.2) is 23.2 Å². The zero-order valence-electron chi connectivity index (χ0n) is 10.5. The van der Waals surface area contributed by atoms with Gasteiger partial charge in [-0.05, 0) is 30.9 Å². The van der Waals surface area contributed by atoms with Gasteiger partial charge in [0.05, 0.1) is 5.69 Å². The second-order valence-electron chi connectivity index (χ2n) is 4.74. The maximum absolute atomic E-state index is 12.5. The van der Waals surface area contributed by atoms with Crippen LogP contribution < -0.4 is 5.73 Å². The highest BCUT2D eigenvalue weighted by atomic mass is 32.2. The van der Waals surface area contributed by atoms with Crippen LogP contribution in [0.25, 0.3) is 0 Å². The molecule has 0 spiro atoms. The van der Waals surface area contributed by atoms with Crippen LogP contribution in [0.5, 0.6) is 0 Å². The highest BCUT2D eigenvalue weighted by Gasteiger charge is 2.29. The molecular weight excluding hydrogens is 250 g/mol. The van der Waals surface area contributed by atoms with Crippen molar-refractivity contribution in [2.75, 3.05) is 13.1 Å². The molecule has 5 nitrogen and oxygen atoms in total. The number of piperidine rings is 1. The molecule has 0 aliphatic carbocycles. The Bertz CT molecular complexity index is 508. The SMILES string of the molecule is CC1CCN(S(=O)(=O)c2cccnc2CN)CC1. The van der Waals surface area contributed by atoms with Crippen LogP contribution >= 0.6 is 0 Å². The van der Waals surface area contributed by atoms with Gasteiger partial charge >= 0.3 is 0 Å². The van der Waals surface area contributed by atoms with Crippen molar-refractivity contribution in [3.05, 3.63) is 24.0 Å². The van der Waals surface area contributed by atoms with E-state index in [1.54, 1.807) is 22.6 Å². The third-order valence-corrected chi connectivity index (χ3v) is 5.37. The van der Waals surface area contributed by atoms with Crippen molar-refractivity contribution < 1.29 is 8.42 Å². The van der Waals surface area contributed by atoms with Gasteiger partial charge in [0, 0.05) is 25.8 Å². The Morgan fingerprint density at radius 2 is 2.11 bits per heavy atom. The van der Waals surface area contributed by atoms with E-state index in [9.17, 15) is 8.42 Å². The Morgan fingerprint density at radius 1 is 1.44 bits per heavy atom. The van der Waals surface area contributed by atoms with E-state index in [1.165, 1.54) is 0 Å². The topological polar surface area (TPSA) is 76.3 Å². The van der Waals surface area contributed by atoms with Crippen molar-refractivity contribution in [1.82, 2.24) is 9.29 Å². The van der Waals surface area contributed by atoms with E-state index in [-0.39, 0.29) is 11.4 Å². The van der Waals surface area contributed by atoms with Crippen molar-refractivity contribution in [2.45, 2.75) is 31.2 Å². The van der Waals surface area contributed by atoms with Gasteiger partial charge in [-0.15, -0.1) is 0 Å². The number of nitrogens with zero attached hydrogens (tertiary/aromatic N) is 2. The molecule has 2 heterocycles. The first-order chi connectivity index (χ1) is 8.55. The number of aromatic nitrogens is 1. The first-order valence-corrected chi connectivity index (χ1v) is 7.64. The number of pyridine rings is 1. The normalized spacial score (nSPS) is 19.0. The number of hydrogen-bond donors (Lipinski definition) is 1. The number of rotatable bonds is 3. The smallest absolute Gasteiger partial charge is 0.244 e. The zero-order chi connectivity index (χ0) is 13.2. The molecular formula is C12H19N3O2S. The molecule has 1 fully saturated rings. The highest BCUT2D eigenvalue weighted by molar-refractivity contribution is 7.89. The van der Waals surface area contributed by atoms with E-state index in [4.69, 9.17) is 5.73 Å². The van der Waals surface area contributed by atoms with Gasteiger partial charge in [0.1, 0.15) is 4.90 Å². The Kier molecular flexibility index (Phi) is 3.99. The minimum Gasteiger partial charge on any atom is -0.325 e. The summed E-state index contributed by atoms with van der Waals surface area (Å²) in [7, 11) is -3.44. The lowest BCUT2D eigenvalue weighted by Gasteiger charge is -2.29. The van der Waals surface area contributed by atoms with Gasteiger partial charge in [-0.3, -0.25) is 4.98 Å². The van der Waals surface area contributed by atoms with Gasteiger partial charge in [-0.25, -0.2) is 8.42 Å². The predicted molar refractivity (Wildman–Crippen MR) is 69.3 cm³/mol. The van der Waals surface area contributed by atoms with Crippen molar-refractivity contribution in [1.29, 1.82) is 0 Å². The Balaban J connectivity index is 2.30. The van der Waals surface area contributed by atoms with Crippen molar-refractivity contribution in [3.8, 4) is 0 Å². The van der Waals surface area contributed by atoms with E-state index < -0.39 is 10.0 Å². The predicted octanol–water partition coefficient (Wildman–Crippen LogP) is 0.961. The molecule has 0 radical (unpaired) electrons. The number of hydrogen-bond acceptors (Lipinski definition) is 4. The Hall–Kier alpha value is -0.980. The summed E-state index contributed by atoms with van der Waals surface area (Å²) >= 11 is 0. The van der Waals surface area contributed by atoms with Crippen LogP contribution in [0.1, 0.15) is 25.5 Å². The summed E-state index contributed by atoms with van der Waals surface area (Å²) < 4.78 is 26.6. The van der Waals surface area contributed by atoms with Crippen molar-refractivity contribution >= 4 is 10.0 Å². The third-order valence-electron chi connectivity index (χ3n) is 3.40. The summed E-state index contributed by atoms with van der Waals surface area (Å²) in [6, 6.07) is 3.22. The quantitative estimate of drug-likeness (QED) is 0.886. The van der Waals surface area contributed by atoms with Crippen LogP contribution in [0, 0.1) is 5.92 Å². The molecule has 0 aromatic carbocycles. The summed E-state index contributed by atoms with van der Waals surface area (Å²) in [5.41, 5.74) is 5.99. The molecule has 2 N–H and O–H groups in total. The van der Waals surface area contributed by atoms with E-state index in [0.29, 0.717) is 24.7 Å². The van der Waals surface area contributed by atoms with Crippen LogP contribution in [-0.2, 0) is 16.6 Å². The van der Waals surface area contributed by atoms with Gasteiger partial charge in [-0.2, -0.15) is 4.31 Å². The lowest BCUT2D eigenvalue weighted by Crippen LogP contribution is -2.38. The number of nitrogens with two attached hydrogens (primary N) is 1. The molecule has 0 bridgehead atoms. The van der Waals surface area contributed by atoms with Crippen LogP contribution in [0.4, 0.5) is 0 Å². The van der Waals surface area contributed by atoms with Gasteiger partial charge in [0.2, 0.25) is 10.0 Å². The molecule has 18 heavy (non-hydrogen) atoms. The Morgan fingerprint density at radius 3 is 2.72 bits per heavy atom. The molecule has 0 unspecified atom stereocenters. The van der Waals surface area contributed by atoms with Gasteiger partial charge < -0.3 is 5.73 Å². The van der Waals surface area contributed by atoms with E-state index >= 15 is 0 Å². The molecule has 0 amide bonds. The molecule has 0 saturated carbocycles. The van der Waals surface area contributed by atoms with Gasteiger partial charge in [0.25, 0.3) is 0 Å². The van der Waals surface area contributed by atoms with Crippen LogP contribution in [0.3, 0.4) is 0 Å². The summed E-state index contributed by atoms with van der Waals surface area (Å²) in [6.45, 7) is 3.46.